The smallest absolute Gasteiger partial charge is 0.253 e. The highest BCUT2D eigenvalue weighted by atomic mass is 19.1. The fraction of sp³-hybridized carbons (Fsp3) is 0.214. The van der Waals surface area contributed by atoms with Gasteiger partial charge in [0.2, 0.25) is 0 Å². The van der Waals surface area contributed by atoms with Gasteiger partial charge in [0.15, 0.2) is 0 Å². The summed E-state index contributed by atoms with van der Waals surface area (Å²) in [5, 5.41) is 5.57. The van der Waals surface area contributed by atoms with Gasteiger partial charge >= 0.3 is 0 Å². The van der Waals surface area contributed by atoms with E-state index in [1.807, 2.05) is 6.92 Å². The van der Waals surface area contributed by atoms with Gasteiger partial charge in [0.25, 0.3) is 5.91 Å². The summed E-state index contributed by atoms with van der Waals surface area (Å²) in [6.45, 7) is 2.64. The van der Waals surface area contributed by atoms with Crippen LogP contribution in [0.15, 0.2) is 36.8 Å². The molecule has 1 amide bonds. The van der Waals surface area contributed by atoms with E-state index in [0.29, 0.717) is 12.2 Å². The molecule has 0 saturated heterocycles. The molecule has 0 aliphatic rings. The molecule has 0 aliphatic carbocycles. The number of hydrogen-bond donors (Lipinski definition) is 2. The quantitative estimate of drug-likeness (QED) is 0.875. The Balaban J connectivity index is 2.11. The molecule has 0 bridgehead atoms. The first-order chi connectivity index (χ1) is 9.72. The molecular formula is C14H15FN4O. The Morgan fingerprint density at radius 1 is 1.35 bits per heavy atom. The molecule has 2 N–H and O–H groups in total. The summed E-state index contributed by atoms with van der Waals surface area (Å²) in [5.41, 5.74) is 1.19. The van der Waals surface area contributed by atoms with Crippen LogP contribution in [-0.2, 0) is 6.54 Å². The van der Waals surface area contributed by atoms with Crippen molar-refractivity contribution >= 4 is 11.6 Å². The largest absolute Gasteiger partial charge is 0.382 e. The number of carbonyl (C=O) groups is 1. The zero-order chi connectivity index (χ0) is 14.4. The summed E-state index contributed by atoms with van der Waals surface area (Å²) >= 11 is 0. The van der Waals surface area contributed by atoms with Crippen LogP contribution in [0.1, 0.15) is 23.0 Å². The number of carbonyl (C=O) groups excluding carboxylic acids is 1. The Bertz CT molecular complexity index is 589. The van der Waals surface area contributed by atoms with Gasteiger partial charge in [0.1, 0.15) is 12.1 Å². The zero-order valence-corrected chi connectivity index (χ0v) is 11.1. The fourth-order valence-corrected chi connectivity index (χ4v) is 1.76. The van der Waals surface area contributed by atoms with Crippen LogP contribution in [0.25, 0.3) is 0 Å². The Hall–Kier alpha value is -2.50. The van der Waals surface area contributed by atoms with Crippen molar-refractivity contribution in [2.75, 3.05) is 11.9 Å². The van der Waals surface area contributed by atoms with Gasteiger partial charge in [0.05, 0.1) is 23.5 Å². The van der Waals surface area contributed by atoms with Crippen LogP contribution in [-0.4, -0.2) is 22.4 Å². The van der Waals surface area contributed by atoms with Gasteiger partial charge in [-0.05, 0) is 25.1 Å². The predicted molar refractivity (Wildman–Crippen MR) is 73.8 cm³/mol. The van der Waals surface area contributed by atoms with Crippen LogP contribution in [0.5, 0.6) is 0 Å². The van der Waals surface area contributed by atoms with Gasteiger partial charge in [-0.3, -0.25) is 4.79 Å². The van der Waals surface area contributed by atoms with Gasteiger partial charge in [-0.25, -0.2) is 14.4 Å². The third-order valence-corrected chi connectivity index (χ3v) is 2.69. The molecule has 1 aromatic carbocycles. The molecule has 0 fully saturated rings. The molecule has 104 valence electrons. The molecule has 0 radical (unpaired) electrons. The van der Waals surface area contributed by atoms with Crippen LogP contribution in [0.2, 0.25) is 0 Å². The topological polar surface area (TPSA) is 66.9 Å². The van der Waals surface area contributed by atoms with Crippen molar-refractivity contribution in [2.24, 2.45) is 0 Å². The van der Waals surface area contributed by atoms with E-state index in [0.717, 1.165) is 0 Å². The van der Waals surface area contributed by atoms with Gasteiger partial charge in [-0.1, -0.05) is 6.07 Å². The number of hydrogen-bond acceptors (Lipinski definition) is 4. The summed E-state index contributed by atoms with van der Waals surface area (Å²) in [6, 6.07) is 6.11. The fourth-order valence-electron chi connectivity index (χ4n) is 1.76. The molecule has 0 unspecified atom stereocenters. The number of halogens is 1. The molecular weight excluding hydrogens is 259 g/mol. The number of rotatable bonds is 5. The number of anilines is 1. The SMILES string of the molecule is CCNc1c(F)cccc1C(=O)NCc1ccncn1. The van der Waals surface area contributed by atoms with Crippen molar-refractivity contribution in [3.8, 4) is 0 Å². The van der Waals surface area contributed by atoms with Crippen molar-refractivity contribution < 1.29 is 9.18 Å². The van der Waals surface area contributed by atoms with E-state index in [4.69, 9.17) is 0 Å². The molecule has 20 heavy (non-hydrogen) atoms. The lowest BCUT2D eigenvalue weighted by Gasteiger charge is -2.11. The normalized spacial score (nSPS) is 10.1. The maximum absolute atomic E-state index is 13.7. The molecule has 0 atom stereocenters. The molecule has 6 heteroatoms. The van der Waals surface area contributed by atoms with Gasteiger partial charge in [-0.15, -0.1) is 0 Å². The lowest BCUT2D eigenvalue weighted by molar-refractivity contribution is 0.0951. The van der Waals surface area contributed by atoms with E-state index in [2.05, 4.69) is 20.6 Å². The maximum atomic E-state index is 13.7. The lowest BCUT2D eigenvalue weighted by atomic mass is 10.1. The number of nitrogens with zero attached hydrogens (tertiary/aromatic N) is 2. The Morgan fingerprint density at radius 2 is 2.20 bits per heavy atom. The second kappa shape index (κ2) is 6.60. The first-order valence-electron chi connectivity index (χ1n) is 6.28. The zero-order valence-electron chi connectivity index (χ0n) is 11.1. The molecule has 5 nitrogen and oxygen atoms in total. The van der Waals surface area contributed by atoms with E-state index < -0.39 is 5.82 Å². The number of para-hydroxylation sites is 1. The molecule has 1 aromatic heterocycles. The summed E-state index contributed by atoms with van der Waals surface area (Å²) in [5.74, 6) is -0.791. The molecule has 1 heterocycles. The summed E-state index contributed by atoms with van der Waals surface area (Å²) in [7, 11) is 0. The van der Waals surface area contributed by atoms with Crippen molar-refractivity contribution in [3.63, 3.8) is 0 Å². The molecule has 2 aromatic rings. The minimum atomic E-state index is -0.443. The lowest BCUT2D eigenvalue weighted by Crippen LogP contribution is -2.24. The van der Waals surface area contributed by atoms with E-state index in [9.17, 15) is 9.18 Å². The second-order valence-corrected chi connectivity index (χ2v) is 4.08. The summed E-state index contributed by atoms with van der Waals surface area (Å²) in [6.07, 6.45) is 3.01. The van der Waals surface area contributed by atoms with Gasteiger partial charge < -0.3 is 10.6 Å². The Kier molecular flexibility index (Phi) is 4.60. The van der Waals surface area contributed by atoms with E-state index in [-0.39, 0.29) is 23.7 Å². The third-order valence-electron chi connectivity index (χ3n) is 2.69. The first kappa shape index (κ1) is 13.9. The van der Waals surface area contributed by atoms with E-state index in [1.165, 1.54) is 18.5 Å². The number of benzene rings is 1. The van der Waals surface area contributed by atoms with Crippen LogP contribution in [0.4, 0.5) is 10.1 Å². The molecule has 0 spiro atoms. The monoisotopic (exact) mass is 274 g/mol. The average molecular weight is 274 g/mol. The molecule has 2 rings (SSSR count). The average Bonchev–Trinajstić information content (AvgIpc) is 2.48. The number of nitrogens with one attached hydrogen (secondary N) is 2. The van der Waals surface area contributed by atoms with Gasteiger partial charge in [0, 0.05) is 12.7 Å². The minimum Gasteiger partial charge on any atom is -0.382 e. The maximum Gasteiger partial charge on any atom is 0.253 e. The summed E-state index contributed by atoms with van der Waals surface area (Å²) in [4.78, 5) is 19.9. The number of amides is 1. The molecule has 0 saturated carbocycles. The van der Waals surface area contributed by atoms with E-state index >= 15 is 0 Å². The Morgan fingerprint density at radius 3 is 2.90 bits per heavy atom. The highest BCUT2D eigenvalue weighted by molar-refractivity contribution is 5.99. The van der Waals surface area contributed by atoms with Crippen molar-refractivity contribution in [2.45, 2.75) is 13.5 Å². The van der Waals surface area contributed by atoms with Crippen LogP contribution >= 0.6 is 0 Å². The van der Waals surface area contributed by atoms with Crippen molar-refractivity contribution in [1.82, 2.24) is 15.3 Å². The number of aromatic nitrogens is 2. The van der Waals surface area contributed by atoms with Crippen LogP contribution in [0, 0.1) is 5.82 Å². The second-order valence-electron chi connectivity index (χ2n) is 4.08. The van der Waals surface area contributed by atoms with Crippen molar-refractivity contribution in [1.29, 1.82) is 0 Å². The highest BCUT2D eigenvalue weighted by Gasteiger charge is 2.14. The molecule has 0 aliphatic heterocycles. The minimum absolute atomic E-state index is 0.218. The van der Waals surface area contributed by atoms with Crippen LogP contribution < -0.4 is 10.6 Å². The third kappa shape index (κ3) is 3.28. The van der Waals surface area contributed by atoms with Crippen LogP contribution in [0.3, 0.4) is 0 Å². The predicted octanol–water partition coefficient (Wildman–Crippen LogP) is 1.98. The van der Waals surface area contributed by atoms with E-state index in [1.54, 1.807) is 18.3 Å². The highest BCUT2D eigenvalue weighted by Crippen LogP contribution is 2.19. The Labute approximate surface area is 116 Å². The summed E-state index contributed by atoms with van der Waals surface area (Å²) < 4.78 is 13.7. The standard InChI is InChI=1S/C14H15FN4O/c1-2-17-13-11(4-3-5-12(13)15)14(20)18-8-10-6-7-16-9-19-10/h3-7,9,17H,2,8H2,1H3,(H,18,20). The first-order valence-corrected chi connectivity index (χ1v) is 6.28. The van der Waals surface area contributed by atoms with Gasteiger partial charge in [-0.2, -0.15) is 0 Å². The van der Waals surface area contributed by atoms with Crippen molar-refractivity contribution in [3.05, 3.63) is 53.9 Å².